The fourth-order valence-corrected chi connectivity index (χ4v) is 4.15. The lowest BCUT2D eigenvalue weighted by Gasteiger charge is -2.22. The third-order valence-electron chi connectivity index (χ3n) is 5.89. The van der Waals surface area contributed by atoms with E-state index in [1.807, 2.05) is 55.5 Å². The topological polar surface area (TPSA) is 127 Å². The first-order valence-electron chi connectivity index (χ1n) is 12.0. The standard InChI is InChI=1S/C26H30N6O4.ClH/c1-2-27-22(33)17-36-25(18-8-4-3-5-9-18)31-24(34)21-12-11-20-16-30-23(26(35)32(20)21)29-15-13-19-10-6-7-14-28-19;/h3-10,14,16,21,25H,2,11-13,15,17H2,1H3,(H,27,33)(H,29,30)(H,31,34);1H/t21-,25?;/m0./s1. The summed E-state index contributed by atoms with van der Waals surface area (Å²) >= 11 is 0. The van der Waals surface area contributed by atoms with Crippen LogP contribution in [0.1, 0.15) is 42.6 Å². The van der Waals surface area contributed by atoms with Crippen LogP contribution in [-0.2, 0) is 27.2 Å². The van der Waals surface area contributed by atoms with Gasteiger partial charge in [-0.15, -0.1) is 12.4 Å². The number of hydrogen-bond donors (Lipinski definition) is 3. The third kappa shape index (κ3) is 7.14. The van der Waals surface area contributed by atoms with Gasteiger partial charge in [-0.2, -0.15) is 0 Å². The molecule has 2 amide bonds. The van der Waals surface area contributed by atoms with Crippen LogP contribution < -0.4 is 21.5 Å². The van der Waals surface area contributed by atoms with Gasteiger partial charge in [0, 0.05) is 48.9 Å². The van der Waals surface area contributed by atoms with E-state index in [9.17, 15) is 14.4 Å². The second-order valence-electron chi connectivity index (χ2n) is 8.39. The van der Waals surface area contributed by atoms with Crippen molar-refractivity contribution in [1.82, 2.24) is 25.2 Å². The van der Waals surface area contributed by atoms with Crippen LogP contribution in [0.5, 0.6) is 0 Å². The number of rotatable bonds is 11. The van der Waals surface area contributed by atoms with Crippen LogP contribution in [0.25, 0.3) is 0 Å². The van der Waals surface area contributed by atoms with Gasteiger partial charge in [-0.3, -0.25) is 23.9 Å². The SMILES string of the molecule is CCNC(=O)COC(NC(=O)[C@@H]1CCc2cnc(NCCc3ccccn3)c(=O)n21)c1ccccc1.Cl. The normalized spacial score (nSPS) is 14.7. The van der Waals surface area contributed by atoms with Crippen LogP contribution in [0.15, 0.2) is 65.7 Å². The maximum absolute atomic E-state index is 13.3. The van der Waals surface area contributed by atoms with Crippen LogP contribution >= 0.6 is 12.4 Å². The molecule has 1 unspecified atom stereocenters. The lowest BCUT2D eigenvalue weighted by Crippen LogP contribution is -2.40. The minimum Gasteiger partial charge on any atom is -0.365 e. The highest BCUT2D eigenvalue weighted by Gasteiger charge is 2.32. The molecule has 2 atom stereocenters. The third-order valence-corrected chi connectivity index (χ3v) is 5.89. The van der Waals surface area contributed by atoms with E-state index in [1.165, 1.54) is 4.57 Å². The Bertz CT molecular complexity index is 1240. The summed E-state index contributed by atoms with van der Waals surface area (Å²) in [6.07, 6.45) is 4.19. The van der Waals surface area contributed by atoms with Crippen molar-refractivity contribution in [3.05, 3.63) is 88.2 Å². The number of hydrogen-bond acceptors (Lipinski definition) is 7. The molecule has 0 fully saturated rings. The van der Waals surface area contributed by atoms with Crippen molar-refractivity contribution in [3.63, 3.8) is 0 Å². The summed E-state index contributed by atoms with van der Waals surface area (Å²) < 4.78 is 7.25. The monoisotopic (exact) mass is 526 g/mol. The molecule has 3 N–H and O–H groups in total. The lowest BCUT2D eigenvalue weighted by atomic mass is 10.1. The molecule has 10 nitrogen and oxygen atoms in total. The van der Waals surface area contributed by atoms with Crippen molar-refractivity contribution in [2.75, 3.05) is 25.0 Å². The number of aromatic nitrogens is 3. The Morgan fingerprint density at radius 3 is 2.65 bits per heavy atom. The van der Waals surface area contributed by atoms with Crippen molar-refractivity contribution in [1.29, 1.82) is 0 Å². The van der Waals surface area contributed by atoms with Gasteiger partial charge in [-0.05, 0) is 31.9 Å². The van der Waals surface area contributed by atoms with Crippen LogP contribution in [0.3, 0.4) is 0 Å². The first-order chi connectivity index (χ1) is 17.6. The molecule has 3 heterocycles. The van der Waals surface area contributed by atoms with E-state index in [0.29, 0.717) is 43.6 Å². The smallest absolute Gasteiger partial charge is 0.294 e. The molecule has 37 heavy (non-hydrogen) atoms. The van der Waals surface area contributed by atoms with Crippen LogP contribution in [-0.4, -0.2) is 46.0 Å². The summed E-state index contributed by atoms with van der Waals surface area (Å²) in [7, 11) is 0. The van der Waals surface area contributed by atoms with Crippen molar-refractivity contribution >= 4 is 30.0 Å². The average molecular weight is 527 g/mol. The molecule has 0 saturated heterocycles. The van der Waals surface area contributed by atoms with Gasteiger partial charge in [-0.1, -0.05) is 36.4 Å². The van der Waals surface area contributed by atoms with Crippen molar-refractivity contribution in [2.24, 2.45) is 0 Å². The molecule has 1 aliphatic rings. The second-order valence-corrected chi connectivity index (χ2v) is 8.39. The van der Waals surface area contributed by atoms with Gasteiger partial charge in [0.1, 0.15) is 12.6 Å². The Labute approximate surface area is 221 Å². The molecular weight excluding hydrogens is 496 g/mol. The van der Waals surface area contributed by atoms with Crippen molar-refractivity contribution in [3.8, 4) is 0 Å². The van der Waals surface area contributed by atoms with Gasteiger partial charge >= 0.3 is 0 Å². The van der Waals surface area contributed by atoms with Gasteiger partial charge in [0.25, 0.3) is 5.56 Å². The zero-order valence-electron chi connectivity index (χ0n) is 20.6. The number of anilines is 1. The van der Waals surface area contributed by atoms with Crippen molar-refractivity contribution < 1.29 is 14.3 Å². The maximum atomic E-state index is 13.3. The number of nitrogens with one attached hydrogen (secondary N) is 3. The average Bonchev–Trinajstić information content (AvgIpc) is 3.34. The molecular formula is C26H31ClN6O4. The second kappa shape index (κ2) is 13.5. The number of carbonyl (C=O) groups excluding carboxylic acids is 2. The molecule has 0 bridgehead atoms. The number of benzene rings is 1. The van der Waals surface area contributed by atoms with Gasteiger partial charge in [-0.25, -0.2) is 4.98 Å². The number of likely N-dealkylation sites (N-methyl/N-ethyl adjacent to an activating group) is 1. The molecule has 0 radical (unpaired) electrons. The summed E-state index contributed by atoms with van der Waals surface area (Å²) in [5.41, 5.74) is 1.97. The Hall–Kier alpha value is -3.76. The summed E-state index contributed by atoms with van der Waals surface area (Å²) in [4.78, 5) is 47.0. The van der Waals surface area contributed by atoms with Crippen LogP contribution in [0.4, 0.5) is 5.82 Å². The molecule has 3 aromatic rings. The number of halogens is 1. The molecule has 0 saturated carbocycles. The summed E-state index contributed by atoms with van der Waals surface area (Å²) in [6.45, 7) is 2.58. The van der Waals surface area contributed by atoms with E-state index in [0.717, 1.165) is 5.69 Å². The van der Waals surface area contributed by atoms with Gasteiger partial charge in [0.15, 0.2) is 12.0 Å². The number of nitrogens with zero attached hydrogens (tertiary/aromatic N) is 3. The number of ether oxygens (including phenoxy) is 1. The zero-order valence-corrected chi connectivity index (χ0v) is 21.4. The number of amides is 2. The van der Waals surface area contributed by atoms with E-state index in [-0.39, 0.29) is 42.2 Å². The number of pyridine rings is 1. The maximum Gasteiger partial charge on any atom is 0.294 e. The van der Waals surface area contributed by atoms with Crippen LogP contribution in [0, 0.1) is 0 Å². The van der Waals surface area contributed by atoms with E-state index < -0.39 is 12.3 Å². The highest BCUT2D eigenvalue weighted by molar-refractivity contribution is 5.85. The molecule has 0 aliphatic carbocycles. The molecule has 4 rings (SSSR count). The Kier molecular flexibility index (Phi) is 10.2. The Morgan fingerprint density at radius 1 is 1.14 bits per heavy atom. The number of fused-ring (bicyclic) bond motifs is 1. The predicted molar refractivity (Wildman–Crippen MR) is 141 cm³/mol. The first kappa shape index (κ1) is 27.8. The Balaban J connectivity index is 0.00000380. The summed E-state index contributed by atoms with van der Waals surface area (Å²) in [5.74, 6) is -0.435. The Morgan fingerprint density at radius 2 is 1.92 bits per heavy atom. The van der Waals surface area contributed by atoms with E-state index >= 15 is 0 Å². The highest BCUT2D eigenvalue weighted by atomic mass is 35.5. The fraction of sp³-hybridized carbons (Fsp3) is 0.346. The van der Waals surface area contributed by atoms with E-state index in [2.05, 4.69) is 25.9 Å². The van der Waals surface area contributed by atoms with Gasteiger partial charge in [0.05, 0.1) is 0 Å². The molecule has 196 valence electrons. The summed E-state index contributed by atoms with van der Waals surface area (Å²) in [6, 6.07) is 14.1. The molecule has 11 heteroatoms. The minimum atomic E-state index is -0.834. The highest BCUT2D eigenvalue weighted by Crippen LogP contribution is 2.25. The largest absolute Gasteiger partial charge is 0.365 e. The van der Waals surface area contributed by atoms with Crippen molar-refractivity contribution in [2.45, 2.75) is 38.5 Å². The summed E-state index contributed by atoms with van der Waals surface area (Å²) in [5, 5.41) is 8.63. The minimum absolute atomic E-state index is 0. The predicted octanol–water partition coefficient (Wildman–Crippen LogP) is 2.17. The zero-order chi connectivity index (χ0) is 25.3. The first-order valence-corrected chi connectivity index (χ1v) is 12.0. The van der Waals surface area contributed by atoms with Gasteiger partial charge < -0.3 is 20.7 Å². The number of aryl methyl sites for hydroxylation is 1. The quantitative estimate of drug-likeness (QED) is 0.327. The molecule has 2 aromatic heterocycles. The lowest BCUT2D eigenvalue weighted by molar-refractivity contribution is -0.135. The van der Waals surface area contributed by atoms with Gasteiger partial charge in [0.2, 0.25) is 11.8 Å². The molecule has 0 spiro atoms. The van der Waals surface area contributed by atoms with E-state index in [4.69, 9.17) is 4.74 Å². The van der Waals surface area contributed by atoms with Crippen LogP contribution in [0.2, 0.25) is 0 Å². The molecule has 1 aromatic carbocycles. The number of carbonyl (C=O) groups is 2. The fourth-order valence-electron chi connectivity index (χ4n) is 4.15. The molecule has 1 aliphatic heterocycles. The van der Waals surface area contributed by atoms with E-state index in [1.54, 1.807) is 12.4 Å².